The van der Waals surface area contributed by atoms with Crippen LogP contribution in [-0.2, 0) is 6.42 Å². The lowest BCUT2D eigenvalue weighted by atomic mass is 9.93. The van der Waals surface area contributed by atoms with Crippen molar-refractivity contribution in [2.75, 3.05) is 12.8 Å². The van der Waals surface area contributed by atoms with Crippen LogP contribution in [-0.4, -0.2) is 48.0 Å². The van der Waals surface area contributed by atoms with Gasteiger partial charge in [-0.25, -0.2) is 19.6 Å². The number of aliphatic hydroxyl groups excluding tert-OH is 1. The molecule has 0 radical (unpaired) electrons. The molecule has 0 atom stereocenters. The van der Waals surface area contributed by atoms with Gasteiger partial charge in [-0.05, 0) is 43.9 Å². The van der Waals surface area contributed by atoms with Gasteiger partial charge in [-0.1, -0.05) is 24.3 Å². The monoisotopic (exact) mass is 469 g/mol. The number of fused-ring (bicyclic) bond motifs is 2. The van der Waals surface area contributed by atoms with Gasteiger partial charge < -0.3 is 20.6 Å². The van der Waals surface area contributed by atoms with Gasteiger partial charge in [0.2, 0.25) is 0 Å². The number of aliphatic hydroxyl groups is 1. The van der Waals surface area contributed by atoms with Gasteiger partial charge in [0, 0.05) is 17.5 Å². The fourth-order valence-corrected chi connectivity index (χ4v) is 5.07. The van der Waals surface area contributed by atoms with Gasteiger partial charge in [0.1, 0.15) is 29.4 Å². The van der Waals surface area contributed by atoms with Crippen molar-refractivity contribution in [3.05, 3.63) is 60.2 Å². The normalized spacial score (nSPS) is 18.3. The second-order valence-corrected chi connectivity index (χ2v) is 9.12. The van der Waals surface area contributed by atoms with Gasteiger partial charge in [0.05, 0.1) is 35.7 Å². The summed E-state index contributed by atoms with van der Waals surface area (Å²) in [5.74, 6) is 2.11. The van der Waals surface area contributed by atoms with Gasteiger partial charge in [-0.15, -0.1) is 0 Å². The maximum atomic E-state index is 9.95. The summed E-state index contributed by atoms with van der Waals surface area (Å²) in [6, 6.07) is 14.2. The van der Waals surface area contributed by atoms with Crippen LogP contribution in [0.4, 0.5) is 5.82 Å². The Balaban J connectivity index is 1.40. The number of ether oxygens (including phenoxy) is 1. The Bertz CT molecular complexity index is 1520. The summed E-state index contributed by atoms with van der Waals surface area (Å²) in [4.78, 5) is 17.0. The summed E-state index contributed by atoms with van der Waals surface area (Å²) < 4.78 is 7.46. The lowest BCUT2D eigenvalue weighted by Crippen LogP contribution is -2.22. The Morgan fingerprint density at radius 1 is 1.11 bits per heavy atom. The third-order valence-corrected chi connectivity index (χ3v) is 6.89. The molecule has 9 nitrogen and oxygen atoms in total. The molecule has 1 aliphatic rings. The first kappa shape index (κ1) is 21.5. The fourth-order valence-electron chi connectivity index (χ4n) is 5.07. The van der Waals surface area contributed by atoms with Gasteiger partial charge in [0.15, 0.2) is 5.65 Å². The van der Waals surface area contributed by atoms with Crippen LogP contribution in [0, 0.1) is 0 Å². The Labute approximate surface area is 202 Å². The summed E-state index contributed by atoms with van der Waals surface area (Å²) in [5, 5.41) is 15.7. The van der Waals surface area contributed by atoms with Crippen molar-refractivity contribution in [3.63, 3.8) is 0 Å². The lowest BCUT2D eigenvalue weighted by molar-refractivity contribution is 0.109. The van der Waals surface area contributed by atoms with Crippen molar-refractivity contribution in [2.45, 2.75) is 44.2 Å². The molecule has 4 N–H and O–H groups in total. The molecule has 0 bridgehead atoms. The Morgan fingerprint density at radius 2 is 1.94 bits per heavy atom. The molecule has 6 rings (SSSR count). The molecular weight excluding hydrogens is 442 g/mol. The van der Waals surface area contributed by atoms with Crippen LogP contribution >= 0.6 is 0 Å². The van der Waals surface area contributed by atoms with Gasteiger partial charge in [-0.2, -0.15) is 5.10 Å². The second kappa shape index (κ2) is 8.66. The van der Waals surface area contributed by atoms with Crippen LogP contribution in [0.2, 0.25) is 0 Å². The number of H-pyrrole nitrogens is 1. The standard InChI is InChI=1S/C26H27N7O2/c1-35-21-5-3-2-4-15(21)13-22-30-19-11-6-16(12-20(19)31-22)24-23-25(27)28-14-29-26(23)33(32-24)17-7-9-18(34)10-8-17/h2-6,11-12,14,17-18,34H,7-10,13H2,1H3,(H,30,31)(H2,27,28,29)/t17-,18-. The Kier molecular flexibility index (Phi) is 5.33. The molecule has 9 heteroatoms. The van der Waals surface area contributed by atoms with E-state index >= 15 is 0 Å². The number of nitrogens with one attached hydrogen (secondary N) is 1. The molecule has 178 valence electrons. The maximum absolute atomic E-state index is 9.95. The minimum atomic E-state index is -0.237. The van der Waals surface area contributed by atoms with Crippen LogP contribution in [0.25, 0.3) is 33.3 Å². The summed E-state index contributed by atoms with van der Waals surface area (Å²) in [7, 11) is 1.68. The molecule has 35 heavy (non-hydrogen) atoms. The number of methoxy groups -OCH3 is 1. The van der Waals surface area contributed by atoms with E-state index in [1.165, 1.54) is 6.33 Å². The number of benzene rings is 2. The van der Waals surface area contributed by atoms with Crippen LogP contribution in [0.1, 0.15) is 43.1 Å². The minimum absolute atomic E-state index is 0.172. The van der Waals surface area contributed by atoms with E-state index in [9.17, 15) is 5.11 Å². The zero-order valence-corrected chi connectivity index (χ0v) is 19.5. The highest BCUT2D eigenvalue weighted by atomic mass is 16.5. The molecule has 1 aliphatic carbocycles. The fraction of sp³-hybridized carbons (Fsp3) is 0.308. The number of imidazole rings is 1. The zero-order chi connectivity index (χ0) is 23.9. The third kappa shape index (κ3) is 3.87. The van der Waals surface area contributed by atoms with Crippen LogP contribution in [0.5, 0.6) is 5.75 Å². The molecular formula is C26H27N7O2. The first-order valence-corrected chi connectivity index (χ1v) is 11.9. The smallest absolute Gasteiger partial charge is 0.164 e. The SMILES string of the molecule is COc1ccccc1Cc1nc2cc(-c3nn([C@H]4CC[C@H](O)CC4)c4ncnc(N)c34)ccc2[nH]1. The molecule has 3 aromatic heterocycles. The Morgan fingerprint density at radius 3 is 2.77 bits per heavy atom. The quantitative estimate of drug-likeness (QED) is 0.355. The second-order valence-electron chi connectivity index (χ2n) is 9.12. The largest absolute Gasteiger partial charge is 0.496 e. The highest BCUT2D eigenvalue weighted by Gasteiger charge is 2.26. The van der Waals surface area contributed by atoms with Crippen molar-refractivity contribution in [2.24, 2.45) is 0 Å². The topological polar surface area (TPSA) is 128 Å². The van der Waals surface area contributed by atoms with Crippen LogP contribution < -0.4 is 10.5 Å². The number of hydrogen-bond acceptors (Lipinski definition) is 7. The summed E-state index contributed by atoms with van der Waals surface area (Å²) in [6.07, 6.45) is 5.11. The number of aromatic nitrogens is 6. The van der Waals surface area contributed by atoms with E-state index < -0.39 is 0 Å². The predicted octanol–water partition coefficient (Wildman–Crippen LogP) is 4.03. The molecule has 0 amide bonds. The minimum Gasteiger partial charge on any atom is -0.496 e. The van der Waals surface area contributed by atoms with E-state index in [4.69, 9.17) is 20.6 Å². The molecule has 0 spiro atoms. The van der Waals surface area contributed by atoms with E-state index in [1.807, 2.05) is 47.1 Å². The summed E-state index contributed by atoms with van der Waals surface area (Å²) >= 11 is 0. The molecule has 5 aromatic rings. The molecule has 0 saturated heterocycles. The number of rotatable bonds is 5. The summed E-state index contributed by atoms with van der Waals surface area (Å²) in [6.45, 7) is 0. The number of nitrogen functional groups attached to an aromatic ring is 1. The molecule has 3 heterocycles. The number of hydrogen-bond donors (Lipinski definition) is 3. The molecule has 2 aromatic carbocycles. The lowest BCUT2D eigenvalue weighted by Gasteiger charge is -2.25. The van der Waals surface area contributed by atoms with E-state index in [0.717, 1.165) is 76.1 Å². The zero-order valence-electron chi connectivity index (χ0n) is 19.5. The van der Waals surface area contributed by atoms with Crippen molar-refractivity contribution >= 4 is 27.9 Å². The molecule has 0 aliphatic heterocycles. The molecule has 1 saturated carbocycles. The first-order valence-electron chi connectivity index (χ1n) is 11.9. The highest BCUT2D eigenvalue weighted by molar-refractivity contribution is 5.99. The van der Waals surface area contributed by atoms with Crippen LogP contribution in [0.15, 0.2) is 48.8 Å². The van der Waals surface area contributed by atoms with Gasteiger partial charge in [-0.3, -0.25) is 0 Å². The number of nitrogens with two attached hydrogens (primary N) is 1. The number of nitrogens with zero attached hydrogens (tertiary/aromatic N) is 5. The van der Waals surface area contributed by atoms with Crippen molar-refractivity contribution in [1.82, 2.24) is 29.7 Å². The first-order chi connectivity index (χ1) is 17.1. The molecule has 1 fully saturated rings. The molecule has 0 unspecified atom stereocenters. The van der Waals surface area contributed by atoms with E-state index in [1.54, 1.807) is 7.11 Å². The van der Waals surface area contributed by atoms with E-state index in [0.29, 0.717) is 12.2 Å². The van der Waals surface area contributed by atoms with Crippen molar-refractivity contribution in [1.29, 1.82) is 0 Å². The number of para-hydroxylation sites is 1. The van der Waals surface area contributed by atoms with Crippen LogP contribution in [0.3, 0.4) is 0 Å². The van der Waals surface area contributed by atoms with E-state index in [2.05, 4.69) is 15.0 Å². The average Bonchev–Trinajstić information content (AvgIpc) is 3.46. The number of aromatic amines is 1. The Hall–Kier alpha value is -3.98. The maximum Gasteiger partial charge on any atom is 0.164 e. The predicted molar refractivity (Wildman–Crippen MR) is 134 cm³/mol. The van der Waals surface area contributed by atoms with E-state index in [-0.39, 0.29) is 12.1 Å². The van der Waals surface area contributed by atoms with Crippen molar-refractivity contribution < 1.29 is 9.84 Å². The van der Waals surface area contributed by atoms with Crippen molar-refractivity contribution in [3.8, 4) is 17.0 Å². The number of anilines is 1. The highest BCUT2D eigenvalue weighted by Crippen LogP contribution is 2.36. The third-order valence-electron chi connectivity index (χ3n) is 6.89. The summed E-state index contributed by atoms with van der Waals surface area (Å²) in [5.41, 5.74) is 11.6. The average molecular weight is 470 g/mol. The van der Waals surface area contributed by atoms with Gasteiger partial charge in [0.25, 0.3) is 0 Å². The van der Waals surface area contributed by atoms with Gasteiger partial charge >= 0.3 is 0 Å².